The van der Waals surface area contributed by atoms with Crippen LogP contribution in [0.25, 0.3) is 0 Å². The molecule has 4 fully saturated rings. The van der Waals surface area contributed by atoms with Gasteiger partial charge in [0.2, 0.25) is 0 Å². The molecule has 2 bridgehead atoms. The van der Waals surface area contributed by atoms with E-state index in [0.717, 1.165) is 25.6 Å². The molecule has 3 saturated heterocycles. The van der Waals surface area contributed by atoms with Crippen molar-refractivity contribution >= 4 is 5.91 Å². The number of carbonyl (C=O) groups excluding carboxylic acids is 1. The number of phenolic OH excluding ortho intramolecular Hbond substituents is 1. The van der Waals surface area contributed by atoms with Crippen molar-refractivity contribution in [2.45, 2.75) is 38.1 Å². The summed E-state index contributed by atoms with van der Waals surface area (Å²) in [5.74, 6) is 1.66. The van der Waals surface area contributed by atoms with Crippen LogP contribution in [0, 0.1) is 11.8 Å². The van der Waals surface area contributed by atoms with E-state index in [-0.39, 0.29) is 11.7 Å². The summed E-state index contributed by atoms with van der Waals surface area (Å²) in [5, 5.41) is 10.3. The SMILES string of the molecule is COc1cccc(C(=O)N2C[C@@H]3CC[C@H](C2)N(CC2CCC2)C3)c1O. The number of ether oxygens (including phenoxy) is 1. The van der Waals surface area contributed by atoms with Gasteiger partial charge >= 0.3 is 0 Å². The third-order valence-corrected chi connectivity index (χ3v) is 6.28. The lowest BCUT2D eigenvalue weighted by molar-refractivity contribution is 0.0714. The highest BCUT2D eigenvalue weighted by Crippen LogP contribution is 2.35. The summed E-state index contributed by atoms with van der Waals surface area (Å²) in [7, 11) is 1.51. The van der Waals surface area contributed by atoms with Gasteiger partial charge in [-0.15, -0.1) is 0 Å². The lowest BCUT2D eigenvalue weighted by Gasteiger charge is -2.40. The normalized spacial score (nSPS) is 27.0. The number of piperidine rings is 1. The van der Waals surface area contributed by atoms with Crippen LogP contribution < -0.4 is 4.74 Å². The molecule has 1 aliphatic carbocycles. The zero-order chi connectivity index (χ0) is 17.4. The summed E-state index contributed by atoms with van der Waals surface area (Å²) in [5.41, 5.74) is 0.353. The van der Waals surface area contributed by atoms with Crippen molar-refractivity contribution in [1.82, 2.24) is 9.80 Å². The Kier molecular flexibility index (Phi) is 4.59. The largest absolute Gasteiger partial charge is 0.504 e. The first-order chi connectivity index (χ1) is 12.2. The number of aromatic hydroxyl groups is 1. The van der Waals surface area contributed by atoms with E-state index in [1.807, 2.05) is 4.90 Å². The number of phenols is 1. The Morgan fingerprint density at radius 2 is 2.04 bits per heavy atom. The van der Waals surface area contributed by atoms with Crippen molar-refractivity contribution in [3.8, 4) is 11.5 Å². The molecule has 5 heteroatoms. The van der Waals surface area contributed by atoms with Crippen molar-refractivity contribution in [1.29, 1.82) is 0 Å². The molecule has 1 amide bonds. The molecule has 4 aliphatic rings. The van der Waals surface area contributed by atoms with E-state index in [0.29, 0.717) is 23.3 Å². The molecule has 0 aromatic heterocycles. The summed E-state index contributed by atoms with van der Waals surface area (Å²) in [4.78, 5) is 17.6. The highest BCUT2D eigenvalue weighted by molar-refractivity contribution is 5.97. The molecule has 1 aromatic carbocycles. The maximum atomic E-state index is 13.0. The summed E-state index contributed by atoms with van der Waals surface area (Å²) >= 11 is 0. The van der Waals surface area contributed by atoms with Crippen molar-refractivity contribution in [3.63, 3.8) is 0 Å². The maximum Gasteiger partial charge on any atom is 0.257 e. The Balaban J connectivity index is 1.50. The second kappa shape index (κ2) is 6.87. The van der Waals surface area contributed by atoms with Gasteiger partial charge < -0.3 is 14.7 Å². The van der Waals surface area contributed by atoms with E-state index in [1.54, 1.807) is 18.2 Å². The molecular weight excluding hydrogens is 316 g/mol. The molecule has 2 atom stereocenters. The van der Waals surface area contributed by atoms with Crippen LogP contribution in [0.4, 0.5) is 0 Å². The van der Waals surface area contributed by atoms with Gasteiger partial charge in [-0.05, 0) is 49.7 Å². The number of fused-ring (bicyclic) bond motifs is 4. The van der Waals surface area contributed by atoms with E-state index in [9.17, 15) is 9.90 Å². The van der Waals surface area contributed by atoms with Gasteiger partial charge in [-0.1, -0.05) is 12.5 Å². The van der Waals surface area contributed by atoms with Crippen LogP contribution in [0.15, 0.2) is 18.2 Å². The number of hydrogen-bond donors (Lipinski definition) is 1. The quantitative estimate of drug-likeness (QED) is 0.912. The molecule has 25 heavy (non-hydrogen) atoms. The van der Waals surface area contributed by atoms with Crippen molar-refractivity contribution in [2.75, 3.05) is 33.3 Å². The fourth-order valence-corrected chi connectivity index (χ4v) is 4.61. The van der Waals surface area contributed by atoms with Gasteiger partial charge in [0.1, 0.15) is 0 Å². The Hall–Kier alpha value is -1.75. The van der Waals surface area contributed by atoms with Crippen LogP contribution in [0.5, 0.6) is 11.5 Å². The average Bonchev–Trinajstić information content (AvgIpc) is 2.89. The third kappa shape index (κ3) is 3.22. The number of methoxy groups -OCH3 is 1. The van der Waals surface area contributed by atoms with E-state index in [1.165, 1.54) is 45.8 Å². The molecule has 136 valence electrons. The Bertz CT molecular complexity index is 644. The summed E-state index contributed by atoms with van der Waals surface area (Å²) < 4.78 is 5.15. The first-order valence-corrected chi connectivity index (χ1v) is 9.55. The zero-order valence-electron chi connectivity index (χ0n) is 15.0. The summed E-state index contributed by atoms with van der Waals surface area (Å²) in [6, 6.07) is 5.61. The third-order valence-electron chi connectivity index (χ3n) is 6.28. The number of rotatable bonds is 4. The van der Waals surface area contributed by atoms with Crippen LogP contribution >= 0.6 is 0 Å². The van der Waals surface area contributed by atoms with E-state index < -0.39 is 0 Å². The number of carbonyl (C=O) groups is 1. The van der Waals surface area contributed by atoms with Gasteiger partial charge in [-0.2, -0.15) is 0 Å². The first-order valence-electron chi connectivity index (χ1n) is 9.55. The van der Waals surface area contributed by atoms with Gasteiger partial charge in [-0.25, -0.2) is 0 Å². The molecule has 0 spiro atoms. The number of amides is 1. The van der Waals surface area contributed by atoms with Crippen molar-refractivity contribution < 1.29 is 14.6 Å². The fraction of sp³-hybridized carbons (Fsp3) is 0.650. The standard InChI is InChI=1S/C20H28N2O3/c1-25-18-7-3-6-17(19(18)23)20(24)22-12-15-8-9-16(13-22)21(11-15)10-14-4-2-5-14/h3,6-7,14-16,23H,2,4-5,8-13H2,1H3/t15-,16-/m1/s1. The topological polar surface area (TPSA) is 53.0 Å². The lowest BCUT2D eigenvalue weighted by atomic mass is 9.83. The molecule has 5 nitrogen and oxygen atoms in total. The first kappa shape index (κ1) is 16.7. The highest BCUT2D eigenvalue weighted by atomic mass is 16.5. The second-order valence-electron chi connectivity index (χ2n) is 7.91. The highest BCUT2D eigenvalue weighted by Gasteiger charge is 2.38. The average molecular weight is 344 g/mol. The van der Waals surface area contributed by atoms with Gasteiger partial charge in [0.25, 0.3) is 5.91 Å². The van der Waals surface area contributed by atoms with Crippen molar-refractivity contribution in [3.05, 3.63) is 23.8 Å². The van der Waals surface area contributed by atoms with Crippen LogP contribution in [-0.4, -0.2) is 60.1 Å². The molecule has 1 N–H and O–H groups in total. The molecule has 3 aliphatic heterocycles. The van der Waals surface area contributed by atoms with Gasteiger partial charge in [-0.3, -0.25) is 9.69 Å². The van der Waals surface area contributed by atoms with Crippen LogP contribution in [-0.2, 0) is 0 Å². The van der Waals surface area contributed by atoms with Gasteiger partial charge in [0, 0.05) is 32.2 Å². The minimum absolute atomic E-state index is 0.0436. The number of nitrogens with zero attached hydrogens (tertiary/aromatic N) is 2. The monoisotopic (exact) mass is 344 g/mol. The minimum Gasteiger partial charge on any atom is -0.504 e. The summed E-state index contributed by atoms with van der Waals surface area (Å²) in [6.07, 6.45) is 6.51. The van der Waals surface area contributed by atoms with Crippen molar-refractivity contribution in [2.24, 2.45) is 11.8 Å². The van der Waals surface area contributed by atoms with Crippen LogP contribution in [0.2, 0.25) is 0 Å². The molecular formula is C20H28N2O3. The fourth-order valence-electron chi connectivity index (χ4n) is 4.61. The number of para-hydroxylation sites is 1. The predicted molar refractivity (Wildman–Crippen MR) is 96.0 cm³/mol. The Labute approximate surface area is 149 Å². The van der Waals surface area contributed by atoms with E-state index in [2.05, 4.69) is 4.90 Å². The van der Waals surface area contributed by atoms with Gasteiger partial charge in [0.05, 0.1) is 12.7 Å². The van der Waals surface area contributed by atoms with Crippen LogP contribution in [0.3, 0.4) is 0 Å². The van der Waals surface area contributed by atoms with E-state index in [4.69, 9.17) is 4.74 Å². The molecule has 3 heterocycles. The predicted octanol–water partition coefficient (Wildman–Crippen LogP) is 2.74. The number of hydrogen-bond acceptors (Lipinski definition) is 4. The lowest BCUT2D eigenvalue weighted by Crippen LogP contribution is -2.47. The van der Waals surface area contributed by atoms with E-state index >= 15 is 0 Å². The molecule has 0 unspecified atom stereocenters. The Morgan fingerprint density at radius 1 is 1.20 bits per heavy atom. The van der Waals surface area contributed by atoms with Gasteiger partial charge in [0.15, 0.2) is 11.5 Å². The molecule has 1 saturated carbocycles. The maximum absolute atomic E-state index is 13.0. The molecule has 0 radical (unpaired) electrons. The summed E-state index contributed by atoms with van der Waals surface area (Å²) in [6.45, 7) is 3.90. The molecule has 1 aromatic rings. The number of benzene rings is 1. The smallest absolute Gasteiger partial charge is 0.257 e. The molecule has 5 rings (SSSR count). The zero-order valence-corrected chi connectivity index (χ0v) is 15.0. The minimum atomic E-state index is -0.0706. The van der Waals surface area contributed by atoms with Crippen LogP contribution in [0.1, 0.15) is 42.5 Å². The second-order valence-corrected chi connectivity index (χ2v) is 7.91. The Morgan fingerprint density at radius 3 is 2.76 bits per heavy atom.